The Labute approximate surface area is 91.5 Å². The molecule has 0 spiro atoms. The van der Waals surface area contributed by atoms with Gasteiger partial charge in [0.1, 0.15) is 0 Å². The van der Waals surface area contributed by atoms with E-state index >= 15 is 0 Å². The van der Waals surface area contributed by atoms with Gasteiger partial charge in [0.25, 0.3) is 0 Å². The van der Waals surface area contributed by atoms with Gasteiger partial charge in [0.05, 0.1) is 22.6 Å². The smallest absolute Gasteiger partial charge is 0.151 e. The summed E-state index contributed by atoms with van der Waals surface area (Å²) in [7, 11) is 0. The maximum Gasteiger partial charge on any atom is 0.151 e. The summed E-state index contributed by atoms with van der Waals surface area (Å²) in [5.74, 6) is 0. The lowest BCUT2D eigenvalue weighted by Gasteiger charge is -1.99. The second-order valence-corrected chi connectivity index (χ2v) is 3.51. The van der Waals surface area contributed by atoms with Crippen molar-refractivity contribution in [2.45, 2.75) is 6.92 Å². The van der Waals surface area contributed by atoms with Gasteiger partial charge in [-0.15, -0.1) is 0 Å². The van der Waals surface area contributed by atoms with Gasteiger partial charge in [-0.1, -0.05) is 11.6 Å². The van der Waals surface area contributed by atoms with Gasteiger partial charge in [-0.25, -0.2) is 4.68 Å². The van der Waals surface area contributed by atoms with E-state index < -0.39 is 0 Å². The molecule has 0 aliphatic carbocycles. The lowest BCUT2D eigenvalue weighted by atomic mass is 10.3. The first kappa shape index (κ1) is 9.86. The lowest BCUT2D eigenvalue weighted by molar-refractivity contribution is 0.112. The van der Waals surface area contributed by atoms with Gasteiger partial charge in [-0.3, -0.25) is 9.78 Å². The van der Waals surface area contributed by atoms with Crippen LogP contribution in [-0.2, 0) is 0 Å². The highest BCUT2D eigenvalue weighted by atomic mass is 35.5. The number of hydrogen-bond acceptors (Lipinski definition) is 3. The summed E-state index contributed by atoms with van der Waals surface area (Å²) in [5.41, 5.74) is 1.97. The number of aryl methyl sites for hydroxylation is 1. The Balaban J connectivity index is 2.48. The van der Waals surface area contributed by atoms with Crippen LogP contribution >= 0.6 is 11.6 Å². The molecule has 2 rings (SSSR count). The molecule has 0 amide bonds. The molecule has 2 heterocycles. The summed E-state index contributed by atoms with van der Waals surface area (Å²) in [6.07, 6.45) is 5.54. The summed E-state index contributed by atoms with van der Waals surface area (Å²) in [4.78, 5) is 14.5. The predicted octanol–water partition coefficient (Wildman–Crippen LogP) is 2.04. The van der Waals surface area contributed by atoms with E-state index in [1.165, 1.54) is 6.20 Å². The van der Waals surface area contributed by atoms with Gasteiger partial charge < -0.3 is 0 Å². The number of halogens is 1. The molecule has 0 N–H and O–H groups in total. The van der Waals surface area contributed by atoms with Crippen LogP contribution in [0.5, 0.6) is 0 Å². The zero-order valence-electron chi connectivity index (χ0n) is 8.01. The van der Waals surface area contributed by atoms with Crippen LogP contribution < -0.4 is 0 Å². The highest BCUT2D eigenvalue weighted by Gasteiger charge is 2.04. The number of rotatable bonds is 2. The first-order chi connectivity index (χ1) is 7.20. The van der Waals surface area contributed by atoms with Crippen LogP contribution in [0.1, 0.15) is 16.1 Å². The van der Waals surface area contributed by atoms with Crippen LogP contribution in [0.2, 0.25) is 5.02 Å². The Bertz CT molecular complexity index is 488. The van der Waals surface area contributed by atoms with Crippen molar-refractivity contribution in [3.05, 3.63) is 40.9 Å². The van der Waals surface area contributed by atoms with Crippen molar-refractivity contribution >= 4 is 17.9 Å². The average molecular weight is 222 g/mol. The van der Waals surface area contributed by atoms with Gasteiger partial charge in [0.2, 0.25) is 0 Å². The molecule has 15 heavy (non-hydrogen) atoms. The Morgan fingerprint density at radius 1 is 1.47 bits per heavy atom. The minimum absolute atomic E-state index is 0.511. The van der Waals surface area contributed by atoms with Crippen molar-refractivity contribution < 1.29 is 4.79 Å². The molecule has 5 heteroatoms. The molecular formula is C10H8ClN3O. The van der Waals surface area contributed by atoms with Crippen LogP contribution in [0.4, 0.5) is 0 Å². The maximum absolute atomic E-state index is 10.6. The fraction of sp³-hybridized carbons (Fsp3) is 0.100. The second-order valence-electron chi connectivity index (χ2n) is 3.10. The molecule has 0 saturated heterocycles. The van der Waals surface area contributed by atoms with E-state index in [-0.39, 0.29) is 0 Å². The van der Waals surface area contributed by atoms with Crippen LogP contribution in [0.15, 0.2) is 24.7 Å². The number of aldehydes is 1. The Kier molecular flexibility index (Phi) is 2.51. The third kappa shape index (κ3) is 1.89. The Morgan fingerprint density at radius 2 is 2.27 bits per heavy atom. The molecule has 0 atom stereocenters. The summed E-state index contributed by atoms with van der Waals surface area (Å²) in [6.45, 7) is 1.82. The SMILES string of the molecule is Cc1nn(-c2cncc(C=O)c2)cc1Cl. The molecule has 0 aromatic carbocycles. The van der Waals surface area contributed by atoms with E-state index in [1.54, 1.807) is 23.1 Å². The van der Waals surface area contributed by atoms with Gasteiger partial charge in [0.15, 0.2) is 6.29 Å². The molecule has 0 aliphatic heterocycles. The van der Waals surface area contributed by atoms with E-state index in [2.05, 4.69) is 10.1 Å². The molecule has 0 unspecified atom stereocenters. The minimum atomic E-state index is 0.511. The second kappa shape index (κ2) is 3.82. The number of hydrogen-bond donors (Lipinski definition) is 0. The average Bonchev–Trinajstić information content (AvgIpc) is 2.59. The molecule has 76 valence electrons. The Hall–Kier alpha value is -1.68. The summed E-state index contributed by atoms with van der Waals surface area (Å²) < 4.78 is 1.59. The zero-order valence-corrected chi connectivity index (χ0v) is 8.77. The van der Waals surface area contributed by atoms with Crippen molar-refractivity contribution in [1.82, 2.24) is 14.8 Å². The predicted molar refractivity (Wildman–Crippen MR) is 56.5 cm³/mol. The molecule has 0 aliphatic rings. The number of aromatic nitrogens is 3. The normalized spacial score (nSPS) is 10.3. The maximum atomic E-state index is 10.6. The van der Waals surface area contributed by atoms with E-state index in [0.29, 0.717) is 10.6 Å². The third-order valence-corrected chi connectivity index (χ3v) is 2.36. The Morgan fingerprint density at radius 3 is 2.87 bits per heavy atom. The fourth-order valence-electron chi connectivity index (χ4n) is 1.21. The van der Waals surface area contributed by atoms with Gasteiger partial charge >= 0.3 is 0 Å². The van der Waals surface area contributed by atoms with Gasteiger partial charge in [0, 0.05) is 18.0 Å². The van der Waals surface area contributed by atoms with Crippen molar-refractivity contribution in [2.24, 2.45) is 0 Å². The van der Waals surface area contributed by atoms with Crippen LogP contribution in [0.25, 0.3) is 5.69 Å². The molecular weight excluding hydrogens is 214 g/mol. The monoisotopic (exact) mass is 221 g/mol. The number of carbonyl (C=O) groups is 1. The van der Waals surface area contributed by atoms with Crippen molar-refractivity contribution in [3.8, 4) is 5.69 Å². The third-order valence-electron chi connectivity index (χ3n) is 1.98. The summed E-state index contributed by atoms with van der Waals surface area (Å²) in [6, 6.07) is 1.70. The van der Waals surface area contributed by atoms with Crippen molar-refractivity contribution in [3.63, 3.8) is 0 Å². The van der Waals surface area contributed by atoms with Crippen molar-refractivity contribution in [2.75, 3.05) is 0 Å². The first-order valence-corrected chi connectivity index (χ1v) is 4.71. The van der Waals surface area contributed by atoms with E-state index in [0.717, 1.165) is 17.7 Å². The number of pyridine rings is 1. The molecule has 2 aromatic heterocycles. The van der Waals surface area contributed by atoms with E-state index in [1.807, 2.05) is 6.92 Å². The topological polar surface area (TPSA) is 47.8 Å². The summed E-state index contributed by atoms with van der Waals surface area (Å²) in [5, 5.41) is 4.77. The zero-order chi connectivity index (χ0) is 10.8. The molecule has 0 bridgehead atoms. The van der Waals surface area contributed by atoms with Crippen LogP contribution in [0, 0.1) is 6.92 Å². The van der Waals surface area contributed by atoms with Crippen LogP contribution in [0.3, 0.4) is 0 Å². The molecule has 0 fully saturated rings. The fourth-order valence-corrected chi connectivity index (χ4v) is 1.34. The number of nitrogens with zero attached hydrogens (tertiary/aromatic N) is 3. The van der Waals surface area contributed by atoms with Gasteiger partial charge in [-0.05, 0) is 13.0 Å². The number of carbonyl (C=O) groups excluding carboxylic acids is 1. The first-order valence-electron chi connectivity index (χ1n) is 4.33. The van der Waals surface area contributed by atoms with Crippen LogP contribution in [-0.4, -0.2) is 21.1 Å². The highest BCUT2D eigenvalue weighted by molar-refractivity contribution is 6.31. The molecule has 0 saturated carbocycles. The van der Waals surface area contributed by atoms with Gasteiger partial charge in [-0.2, -0.15) is 5.10 Å². The van der Waals surface area contributed by atoms with E-state index in [4.69, 9.17) is 11.6 Å². The summed E-state index contributed by atoms with van der Waals surface area (Å²) >= 11 is 5.88. The molecule has 4 nitrogen and oxygen atoms in total. The van der Waals surface area contributed by atoms with Crippen molar-refractivity contribution in [1.29, 1.82) is 0 Å². The standard InChI is InChI=1S/C10H8ClN3O/c1-7-10(11)5-14(13-7)9-2-8(6-15)3-12-4-9/h2-6H,1H3. The van der Waals surface area contributed by atoms with E-state index in [9.17, 15) is 4.79 Å². The minimum Gasteiger partial charge on any atom is -0.298 e. The lowest BCUT2D eigenvalue weighted by Crippen LogP contribution is -1.97. The highest BCUT2D eigenvalue weighted by Crippen LogP contribution is 2.15. The quantitative estimate of drug-likeness (QED) is 0.730. The molecule has 2 aromatic rings. The largest absolute Gasteiger partial charge is 0.298 e. The molecule has 0 radical (unpaired) electrons.